The van der Waals surface area contributed by atoms with Gasteiger partial charge in [0.15, 0.2) is 0 Å². The van der Waals surface area contributed by atoms with Crippen LogP contribution in [0.2, 0.25) is 0 Å². The first-order chi connectivity index (χ1) is 5.25. The Labute approximate surface area is 67.1 Å². The molecule has 2 bridgehead atoms. The predicted octanol–water partition coefficient (Wildman–Crippen LogP) is 1.30. The zero-order chi connectivity index (χ0) is 7.84. The zero-order valence-electron chi connectivity index (χ0n) is 6.75. The number of primary amides is 1. The summed E-state index contributed by atoms with van der Waals surface area (Å²) in [6, 6.07) is 0. The van der Waals surface area contributed by atoms with Crippen molar-refractivity contribution in [3.05, 3.63) is 0 Å². The molecule has 2 rings (SSSR count). The number of fused-ring (bicyclic) bond motifs is 2. The lowest BCUT2D eigenvalue weighted by molar-refractivity contribution is -0.119. The van der Waals surface area contributed by atoms with E-state index in [2.05, 4.69) is 0 Å². The summed E-state index contributed by atoms with van der Waals surface area (Å²) in [5.41, 5.74) is 5.17. The van der Waals surface area contributed by atoms with Crippen LogP contribution in [-0.4, -0.2) is 5.91 Å². The maximum Gasteiger partial charge on any atom is 0.217 e. The third kappa shape index (κ3) is 1.26. The molecule has 0 aromatic rings. The van der Waals surface area contributed by atoms with Crippen LogP contribution in [0.25, 0.3) is 0 Å². The lowest BCUT2D eigenvalue weighted by Crippen LogP contribution is -2.20. The van der Waals surface area contributed by atoms with Crippen LogP contribution in [0.15, 0.2) is 0 Å². The summed E-state index contributed by atoms with van der Waals surface area (Å²) in [7, 11) is 0. The van der Waals surface area contributed by atoms with E-state index in [1.54, 1.807) is 0 Å². The van der Waals surface area contributed by atoms with Crippen LogP contribution < -0.4 is 5.73 Å². The van der Waals surface area contributed by atoms with Gasteiger partial charge in [-0.05, 0) is 37.0 Å². The van der Waals surface area contributed by atoms with E-state index >= 15 is 0 Å². The second-order valence-corrected chi connectivity index (χ2v) is 4.11. The summed E-state index contributed by atoms with van der Waals surface area (Å²) in [5, 5.41) is 0. The molecule has 0 heterocycles. The van der Waals surface area contributed by atoms with Crippen molar-refractivity contribution in [2.75, 3.05) is 0 Å². The lowest BCUT2D eigenvalue weighted by atomic mass is 9.86. The van der Waals surface area contributed by atoms with E-state index in [-0.39, 0.29) is 5.91 Å². The molecule has 2 N–H and O–H groups in total. The Morgan fingerprint density at radius 3 is 2.64 bits per heavy atom. The van der Waals surface area contributed by atoms with Gasteiger partial charge in [-0.1, -0.05) is 6.42 Å². The fourth-order valence-corrected chi connectivity index (χ4v) is 2.88. The van der Waals surface area contributed by atoms with Crippen LogP contribution in [0.1, 0.15) is 32.1 Å². The van der Waals surface area contributed by atoms with E-state index in [1.807, 2.05) is 0 Å². The van der Waals surface area contributed by atoms with E-state index in [0.717, 1.165) is 11.8 Å². The molecule has 1 amide bonds. The number of nitrogens with two attached hydrogens (primary N) is 1. The monoisotopic (exact) mass is 153 g/mol. The molecule has 2 fully saturated rings. The van der Waals surface area contributed by atoms with Gasteiger partial charge in [0.1, 0.15) is 0 Å². The average molecular weight is 153 g/mol. The molecule has 0 aromatic heterocycles. The first kappa shape index (κ1) is 7.14. The summed E-state index contributed by atoms with van der Waals surface area (Å²) < 4.78 is 0. The molecule has 2 nitrogen and oxygen atoms in total. The molecule has 62 valence electrons. The summed E-state index contributed by atoms with van der Waals surface area (Å²) >= 11 is 0. The third-order valence-corrected chi connectivity index (χ3v) is 3.35. The van der Waals surface area contributed by atoms with Crippen LogP contribution in [0.4, 0.5) is 0 Å². The molecule has 0 radical (unpaired) electrons. The van der Waals surface area contributed by atoms with Crippen molar-refractivity contribution in [1.29, 1.82) is 0 Å². The van der Waals surface area contributed by atoms with Crippen LogP contribution in [0.3, 0.4) is 0 Å². The average Bonchev–Trinajstić information content (AvgIpc) is 2.45. The van der Waals surface area contributed by atoms with E-state index in [1.165, 1.54) is 25.7 Å². The van der Waals surface area contributed by atoms with Crippen molar-refractivity contribution < 1.29 is 4.79 Å². The molecule has 2 saturated carbocycles. The van der Waals surface area contributed by atoms with E-state index in [4.69, 9.17) is 5.73 Å². The predicted molar refractivity (Wildman–Crippen MR) is 42.7 cm³/mol. The van der Waals surface area contributed by atoms with Gasteiger partial charge in [-0.3, -0.25) is 4.79 Å². The molecule has 0 saturated heterocycles. The van der Waals surface area contributed by atoms with Crippen LogP contribution >= 0.6 is 0 Å². The Kier molecular flexibility index (Phi) is 1.63. The normalized spacial score (nSPS) is 41.3. The molecule has 0 spiro atoms. The largest absolute Gasteiger partial charge is 0.370 e. The standard InChI is InChI=1S/C9H15NO/c10-9(11)5-8-4-6-1-2-7(8)3-6/h6-8H,1-5H2,(H2,10,11)/t6-,7-,8+/m1/s1. The second kappa shape index (κ2) is 2.50. The highest BCUT2D eigenvalue weighted by Crippen LogP contribution is 2.49. The van der Waals surface area contributed by atoms with Crippen molar-refractivity contribution in [2.45, 2.75) is 32.1 Å². The highest BCUT2D eigenvalue weighted by molar-refractivity contribution is 5.74. The first-order valence-electron chi connectivity index (χ1n) is 4.54. The summed E-state index contributed by atoms with van der Waals surface area (Å²) in [5.74, 6) is 2.31. The molecule has 11 heavy (non-hydrogen) atoms. The second-order valence-electron chi connectivity index (χ2n) is 4.11. The maximum absolute atomic E-state index is 10.7. The van der Waals surface area contributed by atoms with Crippen LogP contribution in [0, 0.1) is 17.8 Å². The van der Waals surface area contributed by atoms with Crippen LogP contribution in [0.5, 0.6) is 0 Å². The van der Waals surface area contributed by atoms with Gasteiger partial charge in [0.2, 0.25) is 5.91 Å². The smallest absolute Gasteiger partial charge is 0.217 e. The van der Waals surface area contributed by atoms with E-state index in [0.29, 0.717) is 12.3 Å². The summed E-state index contributed by atoms with van der Waals surface area (Å²) in [6.45, 7) is 0. The Bertz CT molecular complexity index is 178. The summed E-state index contributed by atoms with van der Waals surface area (Å²) in [4.78, 5) is 10.7. The van der Waals surface area contributed by atoms with Gasteiger partial charge < -0.3 is 5.73 Å². The van der Waals surface area contributed by atoms with Crippen molar-refractivity contribution in [2.24, 2.45) is 23.5 Å². The number of hydrogen-bond acceptors (Lipinski definition) is 1. The molecule has 3 atom stereocenters. The van der Waals surface area contributed by atoms with E-state index < -0.39 is 0 Å². The fraction of sp³-hybridized carbons (Fsp3) is 0.889. The Balaban J connectivity index is 1.92. The van der Waals surface area contributed by atoms with Crippen molar-refractivity contribution in [1.82, 2.24) is 0 Å². The minimum atomic E-state index is -0.109. The number of hydrogen-bond donors (Lipinski definition) is 1. The van der Waals surface area contributed by atoms with Gasteiger partial charge in [-0.25, -0.2) is 0 Å². The fourth-order valence-electron chi connectivity index (χ4n) is 2.88. The third-order valence-electron chi connectivity index (χ3n) is 3.35. The number of rotatable bonds is 2. The molecule has 2 aliphatic rings. The van der Waals surface area contributed by atoms with Crippen molar-refractivity contribution in [3.63, 3.8) is 0 Å². The molecule has 0 aromatic carbocycles. The quantitative estimate of drug-likeness (QED) is 0.638. The zero-order valence-corrected chi connectivity index (χ0v) is 6.75. The minimum Gasteiger partial charge on any atom is -0.370 e. The van der Waals surface area contributed by atoms with Gasteiger partial charge in [0.25, 0.3) is 0 Å². The molecular weight excluding hydrogens is 138 g/mol. The topological polar surface area (TPSA) is 43.1 Å². The molecule has 0 aliphatic heterocycles. The number of carbonyl (C=O) groups is 1. The van der Waals surface area contributed by atoms with Crippen molar-refractivity contribution >= 4 is 5.91 Å². The molecule has 2 aliphatic carbocycles. The highest BCUT2D eigenvalue weighted by Gasteiger charge is 2.39. The summed E-state index contributed by atoms with van der Waals surface area (Å²) in [6.07, 6.45) is 6.04. The van der Waals surface area contributed by atoms with E-state index in [9.17, 15) is 4.79 Å². The Hall–Kier alpha value is -0.530. The first-order valence-corrected chi connectivity index (χ1v) is 4.54. The number of carbonyl (C=O) groups excluding carboxylic acids is 1. The number of amides is 1. The van der Waals surface area contributed by atoms with Crippen LogP contribution in [-0.2, 0) is 4.79 Å². The van der Waals surface area contributed by atoms with Gasteiger partial charge in [-0.15, -0.1) is 0 Å². The molecule has 2 heteroatoms. The minimum absolute atomic E-state index is 0.109. The lowest BCUT2D eigenvalue weighted by Gasteiger charge is -2.19. The van der Waals surface area contributed by atoms with Gasteiger partial charge in [-0.2, -0.15) is 0 Å². The van der Waals surface area contributed by atoms with Crippen molar-refractivity contribution in [3.8, 4) is 0 Å². The van der Waals surface area contributed by atoms with Gasteiger partial charge in [0, 0.05) is 6.42 Å². The molecule has 0 unspecified atom stereocenters. The Morgan fingerprint density at radius 2 is 2.18 bits per heavy atom. The SMILES string of the molecule is NC(=O)C[C@@H]1C[C@@H]2CC[C@@H]1C2. The highest BCUT2D eigenvalue weighted by atomic mass is 16.1. The van der Waals surface area contributed by atoms with Gasteiger partial charge >= 0.3 is 0 Å². The Morgan fingerprint density at radius 1 is 1.36 bits per heavy atom. The maximum atomic E-state index is 10.7. The van der Waals surface area contributed by atoms with Gasteiger partial charge in [0.05, 0.1) is 0 Å². The molecular formula is C9H15NO.